The fraction of sp³-hybridized carbons (Fsp3) is 0.200. The Bertz CT molecular complexity index is 1050. The van der Waals surface area contributed by atoms with Crippen molar-refractivity contribution in [3.8, 4) is 11.1 Å². The molecule has 4 rings (SSSR count). The molecule has 4 aromatic carbocycles. The molecule has 0 amide bonds. The highest BCUT2D eigenvalue weighted by molar-refractivity contribution is 5.64. The third-order valence-electron chi connectivity index (χ3n) is 6.04. The largest absolute Gasteiger partial charge is 0.0590 e. The molecule has 4 aromatic rings. The lowest BCUT2D eigenvalue weighted by atomic mass is 9.95. The SMILES string of the molecule is Cc1ccc(C)c(Cc2ccc(-c3ccc(Cc4cc(C)ccc4C)cc3)cc2)c1. The van der Waals surface area contributed by atoms with Crippen LogP contribution in [0.2, 0.25) is 0 Å². The smallest absolute Gasteiger partial charge is 0.00230 e. The quantitative estimate of drug-likeness (QED) is 0.326. The second kappa shape index (κ2) is 8.71. The van der Waals surface area contributed by atoms with Crippen molar-refractivity contribution in [2.45, 2.75) is 40.5 Å². The van der Waals surface area contributed by atoms with Gasteiger partial charge in [-0.1, -0.05) is 96.1 Å². The minimum atomic E-state index is 0.989. The predicted molar refractivity (Wildman–Crippen MR) is 129 cm³/mol. The molecule has 0 radical (unpaired) electrons. The van der Waals surface area contributed by atoms with Crippen molar-refractivity contribution in [1.82, 2.24) is 0 Å². The van der Waals surface area contributed by atoms with Crippen molar-refractivity contribution in [2.24, 2.45) is 0 Å². The van der Waals surface area contributed by atoms with Crippen LogP contribution >= 0.6 is 0 Å². The summed E-state index contributed by atoms with van der Waals surface area (Å²) in [5, 5.41) is 0. The lowest BCUT2D eigenvalue weighted by Crippen LogP contribution is -1.93. The fourth-order valence-electron chi connectivity index (χ4n) is 4.05. The van der Waals surface area contributed by atoms with Gasteiger partial charge in [0, 0.05) is 0 Å². The van der Waals surface area contributed by atoms with Crippen molar-refractivity contribution < 1.29 is 0 Å². The van der Waals surface area contributed by atoms with Gasteiger partial charge in [-0.25, -0.2) is 0 Å². The number of rotatable bonds is 5. The van der Waals surface area contributed by atoms with Gasteiger partial charge in [0.05, 0.1) is 0 Å². The van der Waals surface area contributed by atoms with Crippen LogP contribution in [-0.2, 0) is 12.8 Å². The molecule has 30 heavy (non-hydrogen) atoms. The van der Waals surface area contributed by atoms with Crippen LogP contribution in [0, 0.1) is 27.7 Å². The van der Waals surface area contributed by atoms with Crippen molar-refractivity contribution in [3.63, 3.8) is 0 Å². The van der Waals surface area contributed by atoms with Gasteiger partial charge in [0.1, 0.15) is 0 Å². The average Bonchev–Trinajstić information content (AvgIpc) is 2.75. The Hall–Kier alpha value is -3.12. The molecule has 0 bridgehead atoms. The zero-order valence-electron chi connectivity index (χ0n) is 18.5. The first-order valence-corrected chi connectivity index (χ1v) is 10.8. The molecule has 0 saturated carbocycles. The number of hydrogen-bond donors (Lipinski definition) is 0. The first kappa shape index (κ1) is 20.2. The summed E-state index contributed by atoms with van der Waals surface area (Å²) in [4.78, 5) is 0. The van der Waals surface area contributed by atoms with Crippen molar-refractivity contribution >= 4 is 0 Å². The van der Waals surface area contributed by atoms with Gasteiger partial charge in [-0.05, 0) is 85.0 Å². The molecule has 0 nitrogen and oxygen atoms in total. The summed E-state index contributed by atoms with van der Waals surface area (Å²) in [5.41, 5.74) is 13.5. The van der Waals surface area contributed by atoms with E-state index in [9.17, 15) is 0 Å². The molecule has 0 unspecified atom stereocenters. The maximum Gasteiger partial charge on any atom is -0.00230 e. The first-order chi connectivity index (χ1) is 14.5. The minimum Gasteiger partial charge on any atom is -0.0590 e. The Morgan fingerprint density at radius 3 is 1.17 bits per heavy atom. The molecule has 0 aliphatic carbocycles. The van der Waals surface area contributed by atoms with Gasteiger partial charge in [-0.2, -0.15) is 0 Å². The molecule has 0 spiro atoms. The summed E-state index contributed by atoms with van der Waals surface area (Å²) in [7, 11) is 0. The van der Waals surface area contributed by atoms with Gasteiger partial charge in [0.2, 0.25) is 0 Å². The molecular weight excluding hydrogens is 360 g/mol. The highest BCUT2D eigenvalue weighted by Crippen LogP contribution is 2.24. The van der Waals surface area contributed by atoms with Gasteiger partial charge in [0.15, 0.2) is 0 Å². The van der Waals surface area contributed by atoms with E-state index in [4.69, 9.17) is 0 Å². The van der Waals surface area contributed by atoms with E-state index < -0.39 is 0 Å². The van der Waals surface area contributed by atoms with Crippen LogP contribution in [0.1, 0.15) is 44.5 Å². The monoisotopic (exact) mass is 390 g/mol. The fourth-order valence-corrected chi connectivity index (χ4v) is 4.05. The molecule has 0 saturated heterocycles. The molecule has 0 aromatic heterocycles. The Labute approximate surface area is 181 Å². The van der Waals surface area contributed by atoms with Gasteiger partial charge >= 0.3 is 0 Å². The van der Waals surface area contributed by atoms with E-state index in [2.05, 4.69) is 113 Å². The minimum absolute atomic E-state index is 0.989. The zero-order chi connectivity index (χ0) is 21.1. The van der Waals surface area contributed by atoms with Crippen LogP contribution in [0.3, 0.4) is 0 Å². The lowest BCUT2D eigenvalue weighted by molar-refractivity contribution is 1.14. The van der Waals surface area contributed by atoms with E-state index in [1.807, 2.05) is 0 Å². The summed E-state index contributed by atoms with van der Waals surface area (Å²) in [6.45, 7) is 8.72. The molecule has 0 aliphatic rings. The van der Waals surface area contributed by atoms with Crippen LogP contribution in [0.25, 0.3) is 11.1 Å². The van der Waals surface area contributed by atoms with Crippen LogP contribution in [0.5, 0.6) is 0 Å². The van der Waals surface area contributed by atoms with Crippen molar-refractivity contribution in [2.75, 3.05) is 0 Å². The van der Waals surface area contributed by atoms with Crippen LogP contribution in [-0.4, -0.2) is 0 Å². The predicted octanol–water partition coefficient (Wildman–Crippen LogP) is 7.77. The van der Waals surface area contributed by atoms with E-state index in [-0.39, 0.29) is 0 Å². The lowest BCUT2D eigenvalue weighted by Gasteiger charge is -2.10. The van der Waals surface area contributed by atoms with Crippen LogP contribution < -0.4 is 0 Å². The van der Waals surface area contributed by atoms with Gasteiger partial charge in [0.25, 0.3) is 0 Å². The van der Waals surface area contributed by atoms with E-state index >= 15 is 0 Å². The van der Waals surface area contributed by atoms with Crippen LogP contribution in [0.4, 0.5) is 0 Å². The van der Waals surface area contributed by atoms with E-state index in [0.29, 0.717) is 0 Å². The van der Waals surface area contributed by atoms with E-state index in [0.717, 1.165) is 12.8 Å². The third-order valence-corrected chi connectivity index (χ3v) is 6.04. The standard InChI is InChI=1S/C30H30/c1-21-5-7-23(3)29(17-21)19-25-9-13-27(14-10-25)28-15-11-26(12-16-28)20-30-18-22(2)6-8-24(30)4/h5-18H,19-20H2,1-4H3. The number of benzene rings is 4. The summed E-state index contributed by atoms with van der Waals surface area (Å²) in [5.74, 6) is 0. The normalized spacial score (nSPS) is 10.9. The third kappa shape index (κ3) is 4.71. The molecule has 0 atom stereocenters. The topological polar surface area (TPSA) is 0 Å². The highest BCUT2D eigenvalue weighted by atomic mass is 14.1. The van der Waals surface area contributed by atoms with E-state index in [1.165, 1.54) is 55.6 Å². The van der Waals surface area contributed by atoms with Gasteiger partial charge in [-0.3, -0.25) is 0 Å². The second-order valence-electron chi connectivity index (χ2n) is 8.61. The van der Waals surface area contributed by atoms with Crippen molar-refractivity contribution in [3.05, 3.63) is 129 Å². The maximum atomic E-state index is 2.30. The molecule has 150 valence electrons. The maximum absolute atomic E-state index is 2.30. The Morgan fingerprint density at radius 2 is 0.800 bits per heavy atom. The zero-order valence-corrected chi connectivity index (χ0v) is 18.5. The molecule has 0 fully saturated rings. The highest BCUT2D eigenvalue weighted by Gasteiger charge is 2.05. The molecular formula is C30H30. The summed E-state index contributed by atoms with van der Waals surface area (Å²) >= 11 is 0. The Balaban J connectivity index is 1.48. The van der Waals surface area contributed by atoms with Crippen molar-refractivity contribution in [1.29, 1.82) is 0 Å². The number of hydrogen-bond acceptors (Lipinski definition) is 0. The molecule has 0 heterocycles. The molecule has 0 heteroatoms. The Kier molecular flexibility index (Phi) is 5.86. The molecule has 0 aliphatic heterocycles. The van der Waals surface area contributed by atoms with Gasteiger partial charge < -0.3 is 0 Å². The summed E-state index contributed by atoms with van der Waals surface area (Å²) in [6, 6.07) is 31.5. The summed E-state index contributed by atoms with van der Waals surface area (Å²) in [6.07, 6.45) is 1.98. The Morgan fingerprint density at radius 1 is 0.433 bits per heavy atom. The molecule has 0 N–H and O–H groups in total. The van der Waals surface area contributed by atoms with E-state index in [1.54, 1.807) is 0 Å². The van der Waals surface area contributed by atoms with Crippen LogP contribution in [0.15, 0.2) is 84.9 Å². The van der Waals surface area contributed by atoms with Gasteiger partial charge in [-0.15, -0.1) is 0 Å². The summed E-state index contributed by atoms with van der Waals surface area (Å²) < 4.78 is 0. The first-order valence-electron chi connectivity index (χ1n) is 10.8. The second-order valence-corrected chi connectivity index (χ2v) is 8.61. The number of aryl methyl sites for hydroxylation is 4. The average molecular weight is 391 g/mol.